The quantitative estimate of drug-likeness (QED) is 0.741. The van der Waals surface area contributed by atoms with Crippen LogP contribution in [0.15, 0.2) is 24.4 Å². The molecule has 1 aliphatic heterocycles. The Hall–Kier alpha value is -1.52. The first-order chi connectivity index (χ1) is 9.70. The molecule has 0 saturated carbocycles. The molecular formula is C16H26N4. The average molecular weight is 274 g/mol. The van der Waals surface area contributed by atoms with Crippen LogP contribution in [0.1, 0.15) is 11.1 Å². The topological polar surface area (TPSA) is 30.5 Å². The van der Waals surface area contributed by atoms with Crippen LogP contribution >= 0.6 is 0 Å². The Kier molecular flexibility index (Phi) is 5.44. The molecule has 0 saturated heterocycles. The van der Waals surface area contributed by atoms with Crippen molar-refractivity contribution >= 4 is 11.8 Å². The summed E-state index contributed by atoms with van der Waals surface area (Å²) in [6, 6.07) is 6.53. The molecule has 110 valence electrons. The molecule has 20 heavy (non-hydrogen) atoms. The minimum absolute atomic E-state index is 0.950. The molecular weight excluding hydrogens is 248 g/mol. The van der Waals surface area contributed by atoms with Gasteiger partial charge in [0.15, 0.2) is 0 Å². The first-order valence-electron chi connectivity index (χ1n) is 7.28. The third-order valence-electron chi connectivity index (χ3n) is 3.55. The van der Waals surface area contributed by atoms with Crippen molar-refractivity contribution in [1.29, 1.82) is 0 Å². The largest absolute Gasteiger partial charge is 0.383 e. The summed E-state index contributed by atoms with van der Waals surface area (Å²) in [5.74, 6) is 0. The van der Waals surface area contributed by atoms with Crippen LogP contribution in [-0.4, -0.2) is 57.1 Å². The van der Waals surface area contributed by atoms with Crippen LogP contribution in [0.2, 0.25) is 0 Å². The van der Waals surface area contributed by atoms with Gasteiger partial charge in [0.2, 0.25) is 0 Å². The SMILES string of the molecule is CNCCNc1cccc2c1C=CN(CCN(C)C)C2. The number of nitrogens with one attached hydrogen (secondary N) is 2. The maximum Gasteiger partial charge on any atom is 0.0431 e. The van der Waals surface area contributed by atoms with E-state index in [9.17, 15) is 0 Å². The highest BCUT2D eigenvalue weighted by Gasteiger charge is 2.13. The van der Waals surface area contributed by atoms with Crippen LogP contribution in [0, 0.1) is 0 Å². The molecule has 1 aromatic rings. The second-order valence-electron chi connectivity index (χ2n) is 5.50. The number of rotatable bonds is 7. The van der Waals surface area contributed by atoms with Crippen molar-refractivity contribution in [2.24, 2.45) is 0 Å². The van der Waals surface area contributed by atoms with Crippen molar-refractivity contribution < 1.29 is 0 Å². The predicted octanol–water partition coefficient (Wildman–Crippen LogP) is 1.67. The highest BCUT2D eigenvalue weighted by atomic mass is 15.2. The fraction of sp³-hybridized carbons (Fsp3) is 0.500. The number of likely N-dealkylation sites (N-methyl/N-ethyl adjacent to an activating group) is 2. The summed E-state index contributed by atoms with van der Waals surface area (Å²) in [4.78, 5) is 4.60. The Labute approximate surface area is 122 Å². The molecule has 0 fully saturated rings. The number of anilines is 1. The molecule has 0 aromatic heterocycles. The van der Waals surface area contributed by atoms with Gasteiger partial charge in [0.25, 0.3) is 0 Å². The minimum Gasteiger partial charge on any atom is -0.383 e. The van der Waals surface area contributed by atoms with E-state index in [0.29, 0.717) is 0 Å². The van der Waals surface area contributed by atoms with Crippen molar-refractivity contribution in [3.05, 3.63) is 35.5 Å². The summed E-state index contributed by atoms with van der Waals surface area (Å²) in [5, 5.41) is 6.66. The van der Waals surface area contributed by atoms with Crippen LogP contribution < -0.4 is 10.6 Å². The summed E-state index contributed by atoms with van der Waals surface area (Å²) < 4.78 is 0. The van der Waals surface area contributed by atoms with E-state index in [-0.39, 0.29) is 0 Å². The van der Waals surface area contributed by atoms with E-state index in [1.165, 1.54) is 16.8 Å². The molecule has 0 bridgehead atoms. The predicted molar refractivity (Wildman–Crippen MR) is 86.9 cm³/mol. The van der Waals surface area contributed by atoms with Crippen LogP contribution in [0.25, 0.3) is 6.08 Å². The molecule has 0 atom stereocenters. The van der Waals surface area contributed by atoms with Gasteiger partial charge in [-0.2, -0.15) is 0 Å². The molecule has 0 amide bonds. The van der Waals surface area contributed by atoms with Gasteiger partial charge in [-0.1, -0.05) is 12.1 Å². The molecule has 4 heteroatoms. The normalized spacial score (nSPS) is 13.7. The second kappa shape index (κ2) is 7.31. The number of hydrogen-bond acceptors (Lipinski definition) is 4. The van der Waals surface area contributed by atoms with Crippen LogP contribution in [0.3, 0.4) is 0 Å². The van der Waals surface area contributed by atoms with Gasteiger partial charge in [0, 0.05) is 50.2 Å². The van der Waals surface area contributed by atoms with Gasteiger partial charge in [-0.05, 0) is 38.8 Å². The standard InChI is InChI=1S/C16H26N4/c1-17-8-9-18-16-6-4-5-14-13-20(10-7-15(14)16)12-11-19(2)3/h4-7,10,17-18H,8-9,11-13H2,1-3H3. The molecule has 4 nitrogen and oxygen atoms in total. The highest BCUT2D eigenvalue weighted by Crippen LogP contribution is 2.26. The van der Waals surface area contributed by atoms with Gasteiger partial charge < -0.3 is 20.4 Å². The van der Waals surface area contributed by atoms with E-state index < -0.39 is 0 Å². The smallest absolute Gasteiger partial charge is 0.0431 e. The summed E-state index contributed by atoms with van der Waals surface area (Å²) in [7, 11) is 6.21. The third-order valence-corrected chi connectivity index (χ3v) is 3.55. The number of nitrogens with zero attached hydrogens (tertiary/aromatic N) is 2. The molecule has 2 rings (SSSR count). The molecule has 0 spiro atoms. The Morgan fingerprint density at radius 3 is 2.85 bits per heavy atom. The summed E-state index contributed by atoms with van der Waals surface area (Å²) in [6.45, 7) is 5.08. The van der Waals surface area contributed by atoms with Crippen LogP contribution in [0.5, 0.6) is 0 Å². The lowest BCUT2D eigenvalue weighted by Crippen LogP contribution is -2.29. The van der Waals surface area contributed by atoms with Gasteiger partial charge >= 0.3 is 0 Å². The fourth-order valence-corrected chi connectivity index (χ4v) is 2.36. The van der Waals surface area contributed by atoms with Gasteiger partial charge in [-0.25, -0.2) is 0 Å². The molecule has 1 heterocycles. The molecule has 0 unspecified atom stereocenters. The van der Waals surface area contributed by atoms with E-state index in [0.717, 1.165) is 32.7 Å². The monoisotopic (exact) mass is 274 g/mol. The average Bonchev–Trinajstić information content (AvgIpc) is 2.45. The van der Waals surface area contributed by atoms with E-state index in [4.69, 9.17) is 0 Å². The van der Waals surface area contributed by atoms with Crippen molar-refractivity contribution in [3.63, 3.8) is 0 Å². The zero-order chi connectivity index (χ0) is 14.4. The van der Waals surface area contributed by atoms with E-state index in [1.807, 2.05) is 7.05 Å². The highest BCUT2D eigenvalue weighted by molar-refractivity contribution is 5.70. The number of hydrogen-bond donors (Lipinski definition) is 2. The maximum absolute atomic E-state index is 3.50. The molecule has 0 aliphatic carbocycles. The van der Waals surface area contributed by atoms with Crippen LogP contribution in [0.4, 0.5) is 5.69 Å². The van der Waals surface area contributed by atoms with Crippen LogP contribution in [-0.2, 0) is 6.54 Å². The van der Waals surface area contributed by atoms with Gasteiger partial charge in [-0.3, -0.25) is 0 Å². The van der Waals surface area contributed by atoms with Gasteiger partial charge in [-0.15, -0.1) is 0 Å². The molecule has 1 aromatic carbocycles. The number of fused-ring (bicyclic) bond motifs is 1. The Morgan fingerprint density at radius 2 is 2.10 bits per heavy atom. The zero-order valence-electron chi connectivity index (χ0n) is 12.8. The van der Waals surface area contributed by atoms with E-state index in [1.54, 1.807) is 0 Å². The lowest BCUT2D eigenvalue weighted by atomic mass is 10.0. The molecule has 0 radical (unpaired) electrons. The summed E-state index contributed by atoms with van der Waals surface area (Å²) >= 11 is 0. The first kappa shape index (κ1) is 14.9. The van der Waals surface area contributed by atoms with E-state index >= 15 is 0 Å². The summed E-state index contributed by atoms with van der Waals surface area (Å²) in [5.41, 5.74) is 3.98. The Morgan fingerprint density at radius 1 is 1.25 bits per heavy atom. The molecule has 1 aliphatic rings. The van der Waals surface area contributed by atoms with Crippen molar-refractivity contribution in [2.75, 3.05) is 52.6 Å². The Bertz CT molecular complexity index is 454. The minimum atomic E-state index is 0.950. The summed E-state index contributed by atoms with van der Waals surface area (Å²) in [6.07, 6.45) is 4.45. The van der Waals surface area contributed by atoms with Crippen molar-refractivity contribution in [3.8, 4) is 0 Å². The molecule has 2 N–H and O–H groups in total. The van der Waals surface area contributed by atoms with Crippen molar-refractivity contribution in [2.45, 2.75) is 6.54 Å². The Balaban J connectivity index is 2.01. The number of benzene rings is 1. The third kappa shape index (κ3) is 3.99. The van der Waals surface area contributed by atoms with E-state index in [2.05, 4.69) is 65.0 Å². The lowest BCUT2D eigenvalue weighted by Gasteiger charge is -2.27. The lowest BCUT2D eigenvalue weighted by molar-refractivity contribution is 0.301. The van der Waals surface area contributed by atoms with Crippen molar-refractivity contribution in [1.82, 2.24) is 15.1 Å². The fourth-order valence-electron chi connectivity index (χ4n) is 2.36. The van der Waals surface area contributed by atoms with Gasteiger partial charge in [0.05, 0.1) is 0 Å². The second-order valence-corrected chi connectivity index (χ2v) is 5.50. The van der Waals surface area contributed by atoms with Gasteiger partial charge in [0.1, 0.15) is 0 Å². The zero-order valence-corrected chi connectivity index (χ0v) is 12.8. The maximum atomic E-state index is 3.50. The first-order valence-corrected chi connectivity index (χ1v) is 7.28.